The second kappa shape index (κ2) is 5.83. The average molecular weight is 290 g/mol. The highest BCUT2D eigenvalue weighted by molar-refractivity contribution is 7.89. The summed E-state index contributed by atoms with van der Waals surface area (Å²) in [6.45, 7) is 1.15. The number of benzene rings is 1. The van der Waals surface area contributed by atoms with Crippen LogP contribution in [-0.4, -0.2) is 23.6 Å². The molecule has 5 nitrogen and oxygen atoms in total. The van der Waals surface area contributed by atoms with Gasteiger partial charge < -0.3 is 0 Å². The Bertz CT molecular complexity index is 685. The van der Waals surface area contributed by atoms with E-state index in [-0.39, 0.29) is 11.4 Å². The van der Waals surface area contributed by atoms with Crippen LogP contribution >= 0.6 is 0 Å². The number of amides is 1. The molecule has 0 atom stereocenters. The van der Waals surface area contributed by atoms with E-state index in [0.717, 1.165) is 4.31 Å². The lowest BCUT2D eigenvalue weighted by atomic mass is 10.3. The van der Waals surface area contributed by atoms with Gasteiger partial charge in [0.1, 0.15) is 0 Å². The second-order valence-electron chi connectivity index (χ2n) is 4.16. The summed E-state index contributed by atoms with van der Waals surface area (Å²) in [5.41, 5.74) is 0.516. The van der Waals surface area contributed by atoms with Crippen molar-refractivity contribution in [2.24, 2.45) is 0 Å². The molecule has 0 fully saturated rings. The van der Waals surface area contributed by atoms with Crippen molar-refractivity contribution in [2.45, 2.75) is 18.4 Å². The average Bonchev–Trinajstić information content (AvgIpc) is 2.46. The third-order valence-electron chi connectivity index (χ3n) is 2.71. The molecule has 104 valence electrons. The van der Waals surface area contributed by atoms with E-state index < -0.39 is 15.9 Å². The van der Waals surface area contributed by atoms with Crippen molar-refractivity contribution in [3.63, 3.8) is 0 Å². The van der Waals surface area contributed by atoms with Crippen LogP contribution in [0, 0.1) is 0 Å². The van der Waals surface area contributed by atoms with Crippen LogP contribution in [0.2, 0.25) is 0 Å². The normalized spacial score (nSPS) is 11.1. The molecule has 0 unspecified atom stereocenters. The number of hydrogen-bond acceptors (Lipinski definition) is 4. The molecule has 0 aliphatic heterocycles. The molecule has 0 N–H and O–H groups in total. The zero-order valence-electron chi connectivity index (χ0n) is 10.9. The number of carbonyl (C=O) groups excluding carboxylic acids is 1. The number of carbonyl (C=O) groups is 1. The third kappa shape index (κ3) is 3.03. The van der Waals surface area contributed by atoms with E-state index in [2.05, 4.69) is 4.98 Å². The first-order chi connectivity index (χ1) is 9.51. The number of nitrogens with zero attached hydrogens (tertiary/aromatic N) is 2. The molecule has 0 aliphatic rings. The van der Waals surface area contributed by atoms with Gasteiger partial charge in [0, 0.05) is 13.1 Å². The molecular weight excluding hydrogens is 276 g/mol. The number of hydrogen-bond donors (Lipinski definition) is 0. The van der Waals surface area contributed by atoms with Crippen LogP contribution in [0.1, 0.15) is 12.6 Å². The van der Waals surface area contributed by atoms with Crippen molar-refractivity contribution in [3.8, 4) is 0 Å². The van der Waals surface area contributed by atoms with Gasteiger partial charge >= 0.3 is 0 Å². The monoisotopic (exact) mass is 290 g/mol. The van der Waals surface area contributed by atoms with Gasteiger partial charge in [-0.05, 0) is 24.3 Å². The van der Waals surface area contributed by atoms with Crippen molar-refractivity contribution in [3.05, 3.63) is 60.4 Å². The first kappa shape index (κ1) is 14.2. The van der Waals surface area contributed by atoms with Crippen LogP contribution in [0.25, 0.3) is 0 Å². The van der Waals surface area contributed by atoms with E-state index >= 15 is 0 Å². The maximum atomic E-state index is 12.5. The van der Waals surface area contributed by atoms with Crippen molar-refractivity contribution in [1.29, 1.82) is 0 Å². The quantitative estimate of drug-likeness (QED) is 0.861. The Balaban J connectivity index is 2.37. The Morgan fingerprint density at radius 3 is 2.30 bits per heavy atom. The molecule has 0 radical (unpaired) electrons. The highest BCUT2D eigenvalue weighted by Crippen LogP contribution is 2.17. The lowest BCUT2D eigenvalue weighted by molar-refractivity contribution is -0.124. The lowest BCUT2D eigenvalue weighted by Crippen LogP contribution is -2.34. The predicted molar refractivity (Wildman–Crippen MR) is 74.1 cm³/mol. The molecule has 0 spiro atoms. The zero-order valence-corrected chi connectivity index (χ0v) is 11.7. The van der Waals surface area contributed by atoms with Crippen molar-refractivity contribution in [2.75, 3.05) is 0 Å². The van der Waals surface area contributed by atoms with Crippen LogP contribution in [-0.2, 0) is 21.4 Å². The molecule has 0 saturated heterocycles. The molecule has 1 aromatic carbocycles. The van der Waals surface area contributed by atoms with Gasteiger partial charge in [0.15, 0.2) is 0 Å². The fourth-order valence-corrected chi connectivity index (χ4v) is 3.12. The maximum absolute atomic E-state index is 12.5. The topological polar surface area (TPSA) is 67.3 Å². The van der Waals surface area contributed by atoms with Gasteiger partial charge in [0.2, 0.25) is 5.91 Å². The number of aromatic nitrogens is 1. The zero-order chi connectivity index (χ0) is 14.6. The standard InChI is InChI=1S/C14H14N2O3S/c1-12(17)16(11-13-7-5-6-10-15-13)20(18,19)14-8-3-2-4-9-14/h2-10H,11H2,1H3. The van der Waals surface area contributed by atoms with Crippen LogP contribution in [0.4, 0.5) is 0 Å². The molecule has 0 bridgehead atoms. The van der Waals surface area contributed by atoms with Crippen molar-refractivity contribution >= 4 is 15.9 Å². The summed E-state index contributed by atoms with van der Waals surface area (Å²) < 4.78 is 25.7. The van der Waals surface area contributed by atoms with Gasteiger partial charge in [-0.2, -0.15) is 0 Å². The van der Waals surface area contributed by atoms with Gasteiger partial charge in [-0.15, -0.1) is 0 Å². The molecule has 6 heteroatoms. The number of pyridine rings is 1. The van der Waals surface area contributed by atoms with E-state index in [4.69, 9.17) is 0 Å². The van der Waals surface area contributed by atoms with Gasteiger partial charge in [0.25, 0.3) is 10.0 Å². The maximum Gasteiger partial charge on any atom is 0.266 e. The molecule has 1 heterocycles. The molecule has 2 aromatic rings. The Labute approximate surface area is 117 Å². The first-order valence-corrected chi connectivity index (χ1v) is 7.44. The number of rotatable bonds is 4. The largest absolute Gasteiger partial charge is 0.274 e. The summed E-state index contributed by atoms with van der Waals surface area (Å²) in [5.74, 6) is -0.542. The van der Waals surface area contributed by atoms with Crippen LogP contribution < -0.4 is 0 Å². The Morgan fingerprint density at radius 1 is 1.10 bits per heavy atom. The summed E-state index contributed by atoms with van der Waals surface area (Å²) in [6, 6.07) is 13.0. The van der Waals surface area contributed by atoms with Gasteiger partial charge in [-0.25, -0.2) is 12.7 Å². The Hall–Kier alpha value is -2.21. The van der Waals surface area contributed by atoms with E-state index in [9.17, 15) is 13.2 Å². The summed E-state index contributed by atoms with van der Waals surface area (Å²) in [5, 5.41) is 0. The first-order valence-electron chi connectivity index (χ1n) is 6.00. The smallest absolute Gasteiger partial charge is 0.266 e. The lowest BCUT2D eigenvalue weighted by Gasteiger charge is -2.20. The SMILES string of the molecule is CC(=O)N(Cc1ccccn1)S(=O)(=O)c1ccccc1. The molecule has 0 saturated carbocycles. The molecule has 2 rings (SSSR count). The van der Waals surface area contributed by atoms with Crippen molar-refractivity contribution in [1.82, 2.24) is 9.29 Å². The van der Waals surface area contributed by atoms with Gasteiger partial charge in [-0.3, -0.25) is 9.78 Å². The van der Waals surface area contributed by atoms with Crippen LogP contribution in [0.5, 0.6) is 0 Å². The minimum atomic E-state index is -3.85. The molecular formula is C14H14N2O3S. The van der Waals surface area contributed by atoms with E-state index in [1.807, 2.05) is 0 Å². The molecule has 20 heavy (non-hydrogen) atoms. The molecule has 1 amide bonds. The molecule has 1 aromatic heterocycles. The van der Waals surface area contributed by atoms with Crippen LogP contribution in [0.3, 0.4) is 0 Å². The summed E-state index contributed by atoms with van der Waals surface area (Å²) in [6.07, 6.45) is 1.56. The summed E-state index contributed by atoms with van der Waals surface area (Å²) >= 11 is 0. The fraction of sp³-hybridized carbons (Fsp3) is 0.143. The Kier molecular flexibility index (Phi) is 4.14. The van der Waals surface area contributed by atoms with E-state index in [0.29, 0.717) is 5.69 Å². The number of sulfonamides is 1. The van der Waals surface area contributed by atoms with Gasteiger partial charge in [-0.1, -0.05) is 24.3 Å². The van der Waals surface area contributed by atoms with Crippen molar-refractivity contribution < 1.29 is 13.2 Å². The summed E-state index contributed by atoms with van der Waals surface area (Å²) in [4.78, 5) is 15.8. The highest BCUT2D eigenvalue weighted by Gasteiger charge is 2.27. The predicted octanol–water partition coefficient (Wildman–Crippen LogP) is 1.82. The Morgan fingerprint density at radius 2 is 1.75 bits per heavy atom. The molecule has 0 aliphatic carbocycles. The fourth-order valence-electron chi connectivity index (χ4n) is 1.72. The van der Waals surface area contributed by atoms with Gasteiger partial charge in [0.05, 0.1) is 17.1 Å². The van der Waals surface area contributed by atoms with E-state index in [1.54, 1.807) is 42.6 Å². The van der Waals surface area contributed by atoms with Crippen LogP contribution in [0.15, 0.2) is 59.6 Å². The summed E-state index contributed by atoms with van der Waals surface area (Å²) in [7, 11) is -3.85. The second-order valence-corrected chi connectivity index (χ2v) is 6.03. The minimum absolute atomic E-state index is 0.0760. The highest BCUT2D eigenvalue weighted by atomic mass is 32.2. The van der Waals surface area contributed by atoms with E-state index in [1.165, 1.54) is 19.1 Å². The minimum Gasteiger partial charge on any atom is -0.274 e. The third-order valence-corrected chi connectivity index (χ3v) is 4.55.